The lowest BCUT2D eigenvalue weighted by atomic mass is 10.1. The lowest BCUT2D eigenvalue weighted by Crippen LogP contribution is -1.83. The monoisotopic (exact) mass is 207 g/mol. The van der Waals surface area contributed by atoms with Crippen LogP contribution in [0.25, 0.3) is 11.3 Å². The molecule has 3 heteroatoms. The third-order valence-electron chi connectivity index (χ3n) is 2.35. The first-order chi connectivity index (χ1) is 7.74. The third kappa shape index (κ3) is 1.67. The number of hydrogen-bond acceptors (Lipinski definition) is 2. The Morgan fingerprint density at radius 3 is 2.62 bits per heavy atom. The van der Waals surface area contributed by atoms with E-state index in [1.165, 1.54) is 0 Å². The summed E-state index contributed by atoms with van der Waals surface area (Å²) in [6.45, 7) is 1.90. The van der Waals surface area contributed by atoms with Gasteiger partial charge in [-0.05, 0) is 25.1 Å². The summed E-state index contributed by atoms with van der Waals surface area (Å²) in [7, 11) is 0. The molecule has 0 amide bonds. The number of nitrogens with one attached hydrogen (secondary N) is 1. The molecule has 1 N–H and O–H groups in total. The maximum Gasteiger partial charge on any atom is 0.101 e. The minimum Gasteiger partial charge on any atom is -0.358 e. The van der Waals surface area contributed by atoms with Crippen molar-refractivity contribution in [2.45, 2.75) is 6.92 Å². The van der Waals surface area contributed by atoms with Crippen LogP contribution in [0.15, 0.2) is 30.3 Å². The first-order valence-electron chi connectivity index (χ1n) is 4.85. The van der Waals surface area contributed by atoms with Gasteiger partial charge >= 0.3 is 0 Å². The van der Waals surface area contributed by atoms with E-state index in [1.54, 1.807) is 18.2 Å². The molecule has 0 radical (unpaired) electrons. The summed E-state index contributed by atoms with van der Waals surface area (Å²) in [5.74, 6) is 0. The molecule has 0 saturated heterocycles. The number of nitriles is 2. The van der Waals surface area contributed by atoms with Gasteiger partial charge in [-0.25, -0.2) is 0 Å². The van der Waals surface area contributed by atoms with Gasteiger partial charge in [-0.2, -0.15) is 10.5 Å². The van der Waals surface area contributed by atoms with Crippen LogP contribution in [0.2, 0.25) is 0 Å². The number of hydrogen-bond donors (Lipinski definition) is 1. The Kier molecular flexibility index (Phi) is 2.45. The van der Waals surface area contributed by atoms with Crippen LogP contribution in [0.5, 0.6) is 0 Å². The van der Waals surface area contributed by atoms with Crippen molar-refractivity contribution in [3.8, 4) is 23.4 Å². The van der Waals surface area contributed by atoms with Gasteiger partial charge in [-0.1, -0.05) is 12.1 Å². The van der Waals surface area contributed by atoms with Crippen molar-refractivity contribution < 1.29 is 0 Å². The Hall–Kier alpha value is -2.52. The minimum absolute atomic E-state index is 0.591. The molecule has 1 heterocycles. The van der Waals surface area contributed by atoms with Crippen LogP contribution in [0.4, 0.5) is 0 Å². The lowest BCUT2D eigenvalue weighted by molar-refractivity contribution is 1.27. The van der Waals surface area contributed by atoms with E-state index < -0.39 is 0 Å². The lowest BCUT2D eigenvalue weighted by Gasteiger charge is -1.99. The molecular weight excluding hydrogens is 198 g/mol. The Morgan fingerprint density at radius 2 is 1.94 bits per heavy atom. The first kappa shape index (κ1) is 10.0. The van der Waals surface area contributed by atoms with E-state index in [9.17, 15) is 0 Å². The summed E-state index contributed by atoms with van der Waals surface area (Å²) in [4.78, 5) is 3.13. The van der Waals surface area contributed by atoms with E-state index in [0.29, 0.717) is 11.1 Å². The zero-order chi connectivity index (χ0) is 11.5. The van der Waals surface area contributed by atoms with Gasteiger partial charge in [-0.15, -0.1) is 0 Å². The molecule has 0 aliphatic carbocycles. The van der Waals surface area contributed by atoms with Crippen LogP contribution < -0.4 is 0 Å². The zero-order valence-corrected chi connectivity index (χ0v) is 8.78. The highest BCUT2D eigenvalue weighted by atomic mass is 14.7. The molecule has 1 aromatic carbocycles. The number of aromatic nitrogens is 1. The summed E-state index contributed by atoms with van der Waals surface area (Å²) < 4.78 is 0. The van der Waals surface area contributed by atoms with Crippen LogP contribution in [-0.2, 0) is 0 Å². The van der Waals surface area contributed by atoms with Crippen molar-refractivity contribution in [2.75, 3.05) is 0 Å². The van der Waals surface area contributed by atoms with Gasteiger partial charge < -0.3 is 4.98 Å². The zero-order valence-electron chi connectivity index (χ0n) is 8.78. The number of rotatable bonds is 1. The molecule has 0 fully saturated rings. The minimum atomic E-state index is 0.591. The molecule has 0 saturated carbocycles. The predicted molar refractivity (Wildman–Crippen MR) is 60.4 cm³/mol. The smallest absolute Gasteiger partial charge is 0.101 e. The van der Waals surface area contributed by atoms with E-state index in [0.717, 1.165) is 17.0 Å². The molecule has 0 spiro atoms. The summed E-state index contributed by atoms with van der Waals surface area (Å²) in [5, 5.41) is 17.8. The standard InChI is InChI=1S/C13H9N3/c1-9-5-12(8-15)13(16-9)11-4-2-3-10(6-11)7-14/h2-6,16H,1H3. The van der Waals surface area contributed by atoms with Crippen LogP contribution in [0.1, 0.15) is 16.8 Å². The SMILES string of the molecule is Cc1cc(C#N)c(-c2cccc(C#N)c2)[nH]1. The van der Waals surface area contributed by atoms with Crippen LogP contribution in [0, 0.1) is 29.6 Å². The Bertz CT molecular complexity index is 609. The Morgan fingerprint density at radius 1 is 1.12 bits per heavy atom. The van der Waals surface area contributed by atoms with Gasteiger partial charge in [0.05, 0.1) is 22.9 Å². The van der Waals surface area contributed by atoms with E-state index >= 15 is 0 Å². The highest BCUT2D eigenvalue weighted by Gasteiger charge is 2.08. The second-order valence-electron chi connectivity index (χ2n) is 3.55. The van der Waals surface area contributed by atoms with Crippen molar-refractivity contribution in [1.82, 2.24) is 4.98 Å². The van der Waals surface area contributed by atoms with Crippen molar-refractivity contribution in [3.05, 3.63) is 47.2 Å². The normalized spacial score (nSPS) is 9.44. The third-order valence-corrected chi connectivity index (χ3v) is 2.35. The average Bonchev–Trinajstić information content (AvgIpc) is 2.70. The molecule has 76 valence electrons. The molecular formula is C13H9N3. The largest absolute Gasteiger partial charge is 0.358 e. The number of aryl methyl sites for hydroxylation is 1. The Labute approximate surface area is 93.6 Å². The molecule has 0 aliphatic heterocycles. The second kappa shape index (κ2) is 3.92. The predicted octanol–water partition coefficient (Wildman–Crippen LogP) is 2.73. The number of H-pyrrole nitrogens is 1. The van der Waals surface area contributed by atoms with Gasteiger partial charge in [0.1, 0.15) is 6.07 Å². The van der Waals surface area contributed by atoms with Crippen molar-refractivity contribution in [1.29, 1.82) is 10.5 Å². The fraction of sp³-hybridized carbons (Fsp3) is 0.0769. The van der Waals surface area contributed by atoms with Crippen LogP contribution >= 0.6 is 0 Å². The van der Waals surface area contributed by atoms with Gasteiger partial charge in [0, 0.05) is 11.3 Å². The number of aromatic amines is 1. The fourth-order valence-electron chi connectivity index (χ4n) is 1.65. The average molecular weight is 207 g/mol. The first-order valence-corrected chi connectivity index (χ1v) is 4.85. The van der Waals surface area contributed by atoms with Crippen molar-refractivity contribution in [3.63, 3.8) is 0 Å². The summed E-state index contributed by atoms with van der Waals surface area (Å²) >= 11 is 0. The van der Waals surface area contributed by atoms with Gasteiger partial charge in [0.2, 0.25) is 0 Å². The van der Waals surface area contributed by atoms with E-state index in [2.05, 4.69) is 17.1 Å². The molecule has 0 bridgehead atoms. The molecule has 0 aliphatic rings. The summed E-state index contributed by atoms with van der Waals surface area (Å²) in [5.41, 5.74) is 3.77. The fourth-order valence-corrected chi connectivity index (χ4v) is 1.65. The van der Waals surface area contributed by atoms with Crippen molar-refractivity contribution >= 4 is 0 Å². The molecule has 0 unspecified atom stereocenters. The Balaban J connectivity index is 2.59. The number of benzene rings is 1. The maximum absolute atomic E-state index is 8.98. The maximum atomic E-state index is 8.98. The van der Waals surface area contributed by atoms with E-state index in [4.69, 9.17) is 10.5 Å². The van der Waals surface area contributed by atoms with E-state index in [1.807, 2.05) is 19.1 Å². The molecule has 2 aromatic rings. The van der Waals surface area contributed by atoms with Gasteiger partial charge in [0.25, 0.3) is 0 Å². The quantitative estimate of drug-likeness (QED) is 0.781. The van der Waals surface area contributed by atoms with Crippen molar-refractivity contribution in [2.24, 2.45) is 0 Å². The molecule has 2 rings (SSSR count). The number of nitrogens with zero attached hydrogens (tertiary/aromatic N) is 2. The summed E-state index contributed by atoms with van der Waals surface area (Å²) in [6.07, 6.45) is 0. The topological polar surface area (TPSA) is 63.4 Å². The van der Waals surface area contributed by atoms with Crippen LogP contribution in [-0.4, -0.2) is 4.98 Å². The molecule has 16 heavy (non-hydrogen) atoms. The molecule has 1 aromatic heterocycles. The van der Waals surface area contributed by atoms with Gasteiger partial charge in [-0.3, -0.25) is 0 Å². The summed E-state index contributed by atoms with van der Waals surface area (Å²) in [6, 6.07) is 13.2. The van der Waals surface area contributed by atoms with Crippen LogP contribution in [0.3, 0.4) is 0 Å². The second-order valence-corrected chi connectivity index (χ2v) is 3.55. The molecule has 0 atom stereocenters. The highest BCUT2D eigenvalue weighted by molar-refractivity contribution is 5.68. The highest BCUT2D eigenvalue weighted by Crippen LogP contribution is 2.23. The van der Waals surface area contributed by atoms with Gasteiger partial charge in [0.15, 0.2) is 0 Å². The molecule has 3 nitrogen and oxygen atoms in total. The van der Waals surface area contributed by atoms with E-state index in [-0.39, 0.29) is 0 Å².